The molecule has 0 bridgehead atoms. The Labute approximate surface area is 265 Å². The van der Waals surface area contributed by atoms with Crippen LogP contribution in [0.15, 0.2) is 0 Å². The van der Waals surface area contributed by atoms with Gasteiger partial charge in [0.2, 0.25) is 0 Å². The first-order valence-electron chi connectivity index (χ1n) is 15.0. The number of carbonyl (C=O) groups excluding carboxylic acids is 6. The van der Waals surface area contributed by atoms with Crippen molar-refractivity contribution in [2.45, 2.75) is 154 Å². The van der Waals surface area contributed by atoms with E-state index in [1.807, 2.05) is 0 Å². The van der Waals surface area contributed by atoms with Gasteiger partial charge in [0, 0.05) is 19.3 Å². The largest absolute Gasteiger partial charge is 3.00 e. The average Bonchev–Trinajstić information content (AvgIpc) is 2.87. The quantitative estimate of drug-likeness (QED) is 0.246. The van der Waals surface area contributed by atoms with Gasteiger partial charge in [0.15, 0.2) is 0 Å². The maximum atomic E-state index is 11.2. The van der Waals surface area contributed by atoms with E-state index < -0.39 is 0 Å². The molecule has 0 heterocycles. The molecule has 0 aliphatic heterocycles. The predicted octanol–water partition coefficient (Wildman–Crippen LogP) is 3.51. The number of aliphatic hydroxyl groups excluding tert-OH is 3. The molecule has 12 nitrogen and oxygen atoms in total. The monoisotopic (exact) mass is 650 g/mol. The fraction of sp³-hybridized carbons (Fsp3) is 0.800. The van der Waals surface area contributed by atoms with E-state index in [2.05, 4.69) is 16.0 Å². The van der Waals surface area contributed by atoms with Crippen molar-refractivity contribution in [3.8, 4) is 0 Å². The fourth-order valence-electron chi connectivity index (χ4n) is 4.95. The third-order valence-electron chi connectivity index (χ3n) is 7.18. The zero-order valence-corrected chi connectivity index (χ0v) is 26.7. The molecule has 0 aromatic heterocycles. The summed E-state index contributed by atoms with van der Waals surface area (Å²) in [6, 6.07) is 0.0562. The number of carbonyl (C=O) groups is 6. The second kappa shape index (κ2) is 22.3. The Morgan fingerprint density at radius 3 is 0.791 bits per heavy atom. The van der Waals surface area contributed by atoms with Crippen molar-refractivity contribution < 1.29 is 61.2 Å². The van der Waals surface area contributed by atoms with E-state index in [9.17, 15) is 44.1 Å². The summed E-state index contributed by atoms with van der Waals surface area (Å²) in [7, 11) is 0. The molecule has 0 aromatic rings. The van der Waals surface area contributed by atoms with Gasteiger partial charge in [-0.15, -0.1) is 18.1 Å². The number of nitrogens with zero attached hydrogens (tertiary/aromatic N) is 3. The molecule has 43 heavy (non-hydrogen) atoms. The molecule has 245 valence electrons. The van der Waals surface area contributed by atoms with Crippen molar-refractivity contribution in [3.63, 3.8) is 0 Å². The Kier molecular flexibility index (Phi) is 21.2. The Bertz CT molecular complexity index is 779. The number of rotatable bonds is 9. The van der Waals surface area contributed by atoms with Crippen LogP contribution in [-0.4, -0.2) is 86.8 Å². The van der Waals surface area contributed by atoms with Crippen LogP contribution in [0.5, 0.6) is 0 Å². The maximum Gasteiger partial charge on any atom is 3.00 e. The summed E-state index contributed by atoms with van der Waals surface area (Å²) in [6.45, 7) is 4.16. The van der Waals surface area contributed by atoms with Crippen LogP contribution in [-0.2, 0) is 45.8 Å². The summed E-state index contributed by atoms with van der Waals surface area (Å²) in [4.78, 5) is 65.3. The molecule has 0 spiro atoms. The van der Waals surface area contributed by atoms with E-state index in [4.69, 9.17) is 0 Å². The van der Waals surface area contributed by atoms with Crippen LogP contribution in [0, 0.1) is 0 Å². The minimum Gasteiger partial charge on any atom is -0.650 e. The van der Waals surface area contributed by atoms with E-state index in [1.54, 1.807) is 0 Å². The number of hydrogen-bond donors (Lipinski definition) is 3. The second-order valence-corrected chi connectivity index (χ2v) is 11.6. The van der Waals surface area contributed by atoms with Crippen molar-refractivity contribution in [2.24, 2.45) is 0 Å². The molecule has 1 radical (unpaired) electrons. The van der Waals surface area contributed by atoms with Gasteiger partial charge in [-0.05, 0) is 59.3 Å². The predicted molar refractivity (Wildman–Crippen MR) is 156 cm³/mol. The molecule has 3 N–H and O–H groups in total. The summed E-state index contributed by atoms with van der Waals surface area (Å²) in [6.07, 6.45) is 7.84. The van der Waals surface area contributed by atoms with Gasteiger partial charge >= 0.3 is 17.1 Å². The molecule has 0 saturated heterocycles. The zero-order chi connectivity index (χ0) is 31.7. The van der Waals surface area contributed by atoms with Crippen molar-refractivity contribution >= 4 is 35.1 Å². The molecular formula is C30H48FeN3O9. The van der Waals surface area contributed by atoms with E-state index in [0.29, 0.717) is 38.5 Å². The van der Waals surface area contributed by atoms with Gasteiger partial charge in [-0.1, -0.05) is 38.5 Å². The van der Waals surface area contributed by atoms with Crippen LogP contribution in [0.1, 0.15) is 117 Å². The minimum absolute atomic E-state index is 0. The molecule has 13 heteroatoms. The average molecular weight is 651 g/mol. The van der Waals surface area contributed by atoms with Crippen LogP contribution in [0.25, 0.3) is 16.0 Å². The molecule has 3 aliphatic carbocycles. The minimum atomic E-state index is -0.320. The molecule has 3 fully saturated rings. The van der Waals surface area contributed by atoms with Gasteiger partial charge in [0.1, 0.15) is 17.3 Å². The van der Waals surface area contributed by atoms with Crippen molar-refractivity contribution in [2.75, 3.05) is 0 Å². The first-order valence-corrected chi connectivity index (χ1v) is 15.0. The summed E-state index contributed by atoms with van der Waals surface area (Å²) in [5.74, 6) is -1.39. The van der Waals surface area contributed by atoms with Crippen LogP contribution in [0.3, 0.4) is 0 Å². The van der Waals surface area contributed by atoms with Gasteiger partial charge in [-0.2, -0.15) is 0 Å². The molecule has 3 saturated carbocycles. The molecule has 0 atom stereocenters. The summed E-state index contributed by atoms with van der Waals surface area (Å²) in [5, 5.41) is 39.5. The Hall–Kier alpha value is -2.18. The van der Waals surface area contributed by atoms with Gasteiger partial charge < -0.3 is 45.7 Å². The van der Waals surface area contributed by atoms with Crippen LogP contribution >= 0.6 is 0 Å². The van der Waals surface area contributed by atoms with Crippen molar-refractivity contribution in [3.05, 3.63) is 16.0 Å². The molecule has 0 aromatic carbocycles. The topological polar surface area (TPSA) is 205 Å². The first-order chi connectivity index (χ1) is 19.7. The third-order valence-corrected chi connectivity index (χ3v) is 7.18. The molecule has 3 rings (SSSR count). The van der Waals surface area contributed by atoms with E-state index in [-0.39, 0.29) is 108 Å². The van der Waals surface area contributed by atoms with Gasteiger partial charge in [-0.3, -0.25) is 14.4 Å². The second-order valence-electron chi connectivity index (χ2n) is 11.6. The summed E-state index contributed by atoms with van der Waals surface area (Å²) < 4.78 is 0. The van der Waals surface area contributed by atoms with Crippen molar-refractivity contribution in [1.82, 2.24) is 0 Å². The third kappa shape index (κ3) is 21.2. The van der Waals surface area contributed by atoms with Gasteiger partial charge in [-0.25, -0.2) is 0 Å². The summed E-state index contributed by atoms with van der Waals surface area (Å²) in [5.41, 5.74) is 0. The molecule has 3 amide bonds. The molecular weight excluding hydrogens is 602 g/mol. The Morgan fingerprint density at radius 1 is 0.442 bits per heavy atom. The van der Waals surface area contributed by atoms with Crippen LogP contribution < -0.4 is 0 Å². The van der Waals surface area contributed by atoms with Crippen molar-refractivity contribution in [1.29, 1.82) is 0 Å². The number of Topliss-reactive ketones (excluding diaryl/α,β-unsaturated/α-hetero) is 3. The number of aliphatic hydroxyl groups is 3. The first kappa shape index (κ1) is 40.8. The van der Waals surface area contributed by atoms with E-state index in [1.165, 1.54) is 20.8 Å². The van der Waals surface area contributed by atoms with Gasteiger partial charge in [0.25, 0.3) is 0 Å². The van der Waals surface area contributed by atoms with E-state index in [0.717, 1.165) is 38.5 Å². The molecule has 3 aliphatic rings. The zero-order valence-electron chi connectivity index (χ0n) is 25.6. The normalized spacial score (nSPS) is 26.4. The standard InChI is InChI=1S/3C10H17NO3.Fe/c3*1-7(12)6-10(14)11-8-2-4-9(13)5-3-8;/h3*8-9,13H,2-6H2,1H3,(H,11,14);/q;;;+3/p-3. The number of hydrogen-bond acceptors (Lipinski definition) is 9. The Balaban J connectivity index is 0.000000608. The smallest absolute Gasteiger partial charge is 0.650 e. The van der Waals surface area contributed by atoms with Crippen LogP contribution in [0.4, 0.5) is 0 Å². The molecule has 0 unspecified atom stereocenters. The number of amides is 3. The fourth-order valence-corrected chi connectivity index (χ4v) is 4.95. The van der Waals surface area contributed by atoms with E-state index >= 15 is 0 Å². The Morgan fingerprint density at radius 2 is 0.628 bits per heavy atom. The maximum absolute atomic E-state index is 11.2. The number of ketones is 3. The van der Waals surface area contributed by atoms with Crippen LogP contribution in [0.2, 0.25) is 0 Å². The SMILES string of the molecule is CC(=O)CC(=O)[N-]C1CCC(O)CC1.CC(=O)CC(=O)[N-]C1CCC(O)CC1.CC(=O)CC(=O)[N-]C1CCC(O)CC1.[Fe+3]. The summed E-state index contributed by atoms with van der Waals surface area (Å²) >= 11 is 0. The van der Waals surface area contributed by atoms with Gasteiger partial charge in [0.05, 0.1) is 36.0 Å².